The molecule has 1 atom stereocenters. The minimum atomic E-state index is -0.972. The van der Waals surface area contributed by atoms with E-state index < -0.39 is 11.6 Å². The Labute approximate surface area is 158 Å². The van der Waals surface area contributed by atoms with Crippen molar-refractivity contribution in [2.45, 2.75) is 45.3 Å². The van der Waals surface area contributed by atoms with Crippen molar-refractivity contribution in [2.75, 3.05) is 6.54 Å². The fourth-order valence-corrected chi connectivity index (χ4v) is 3.22. The van der Waals surface area contributed by atoms with Gasteiger partial charge >= 0.3 is 12.1 Å². The molecule has 1 saturated heterocycles. The predicted molar refractivity (Wildman–Crippen MR) is 102 cm³/mol. The standard InChI is InChI=1S/C21H24N2O4/c1-21(2,3)27-20(26)23-12-6-11-18(23)17-10-5-9-16(22-17)14-7-4-8-15(13-14)19(24)25/h4-5,7-10,13,18H,6,11-12H2,1-3H3,(H,24,25)/t18-/m1/s1. The van der Waals surface area contributed by atoms with Gasteiger partial charge in [0.2, 0.25) is 0 Å². The first kappa shape index (κ1) is 18.9. The molecule has 6 nitrogen and oxygen atoms in total. The third-order valence-electron chi connectivity index (χ3n) is 4.40. The summed E-state index contributed by atoms with van der Waals surface area (Å²) in [6.07, 6.45) is 1.39. The third-order valence-corrected chi connectivity index (χ3v) is 4.40. The molecule has 1 N–H and O–H groups in total. The Kier molecular flexibility index (Phi) is 5.17. The summed E-state index contributed by atoms with van der Waals surface area (Å²) in [6, 6.07) is 12.2. The van der Waals surface area contributed by atoms with Crippen molar-refractivity contribution in [2.24, 2.45) is 0 Å². The number of carbonyl (C=O) groups excluding carboxylic acids is 1. The number of aromatic nitrogens is 1. The molecule has 27 heavy (non-hydrogen) atoms. The van der Waals surface area contributed by atoms with E-state index in [0.717, 1.165) is 24.1 Å². The molecule has 142 valence electrons. The second kappa shape index (κ2) is 7.39. The number of likely N-dealkylation sites (tertiary alicyclic amines) is 1. The maximum atomic E-state index is 12.5. The number of aromatic carboxylic acids is 1. The minimum Gasteiger partial charge on any atom is -0.478 e. The SMILES string of the molecule is CC(C)(C)OC(=O)N1CCC[C@@H]1c1cccc(-c2cccc(C(=O)O)c2)n1. The van der Waals surface area contributed by atoms with E-state index in [4.69, 9.17) is 9.72 Å². The van der Waals surface area contributed by atoms with Gasteiger partial charge in [-0.05, 0) is 57.9 Å². The summed E-state index contributed by atoms with van der Waals surface area (Å²) >= 11 is 0. The molecule has 2 heterocycles. The van der Waals surface area contributed by atoms with Gasteiger partial charge in [-0.1, -0.05) is 18.2 Å². The summed E-state index contributed by atoms with van der Waals surface area (Å²) in [4.78, 5) is 30.2. The molecule has 0 radical (unpaired) electrons. The van der Waals surface area contributed by atoms with E-state index in [2.05, 4.69) is 0 Å². The number of carboxylic acids is 1. The molecule has 2 aromatic rings. The molecule has 1 aromatic heterocycles. The summed E-state index contributed by atoms with van der Waals surface area (Å²) in [5.41, 5.74) is 1.88. The Hall–Kier alpha value is -2.89. The molecular weight excluding hydrogens is 344 g/mol. The van der Waals surface area contributed by atoms with Gasteiger partial charge in [0.1, 0.15) is 5.60 Å². The molecular formula is C21H24N2O4. The lowest BCUT2D eigenvalue weighted by molar-refractivity contribution is 0.0221. The van der Waals surface area contributed by atoms with Crippen LogP contribution in [0.4, 0.5) is 4.79 Å². The van der Waals surface area contributed by atoms with Crippen LogP contribution in [0.2, 0.25) is 0 Å². The Balaban J connectivity index is 1.87. The summed E-state index contributed by atoms with van der Waals surface area (Å²) in [6.45, 7) is 6.19. The molecule has 6 heteroatoms. The summed E-state index contributed by atoms with van der Waals surface area (Å²) in [5.74, 6) is -0.972. The first-order chi connectivity index (χ1) is 12.7. The molecule has 1 fully saturated rings. The molecule has 1 aliphatic rings. The van der Waals surface area contributed by atoms with E-state index in [0.29, 0.717) is 12.2 Å². The van der Waals surface area contributed by atoms with Crippen LogP contribution >= 0.6 is 0 Å². The monoisotopic (exact) mass is 368 g/mol. The van der Waals surface area contributed by atoms with Crippen LogP contribution < -0.4 is 0 Å². The zero-order valence-corrected chi connectivity index (χ0v) is 15.8. The quantitative estimate of drug-likeness (QED) is 0.862. The average molecular weight is 368 g/mol. The van der Waals surface area contributed by atoms with Gasteiger partial charge in [0.05, 0.1) is 23.0 Å². The first-order valence-electron chi connectivity index (χ1n) is 9.05. The predicted octanol–water partition coefficient (Wildman–Crippen LogP) is 4.52. The van der Waals surface area contributed by atoms with Gasteiger partial charge in [0.15, 0.2) is 0 Å². The smallest absolute Gasteiger partial charge is 0.410 e. The Morgan fingerprint density at radius 2 is 1.93 bits per heavy atom. The van der Waals surface area contributed by atoms with Gasteiger partial charge in [0, 0.05) is 12.1 Å². The molecule has 0 unspecified atom stereocenters. The third kappa shape index (κ3) is 4.45. The van der Waals surface area contributed by atoms with Gasteiger partial charge in [0.25, 0.3) is 0 Å². The second-order valence-corrected chi connectivity index (χ2v) is 7.67. The number of hydrogen-bond acceptors (Lipinski definition) is 4. The molecule has 0 saturated carbocycles. The highest BCUT2D eigenvalue weighted by Gasteiger charge is 2.34. The summed E-state index contributed by atoms with van der Waals surface area (Å²) in [5, 5.41) is 9.19. The zero-order valence-electron chi connectivity index (χ0n) is 15.8. The highest BCUT2D eigenvalue weighted by molar-refractivity contribution is 5.89. The molecule has 1 aliphatic heterocycles. The highest BCUT2D eigenvalue weighted by Crippen LogP contribution is 2.33. The number of ether oxygens (including phenoxy) is 1. The number of amides is 1. The van der Waals surface area contributed by atoms with Crippen molar-refractivity contribution in [1.29, 1.82) is 0 Å². The largest absolute Gasteiger partial charge is 0.478 e. The number of benzene rings is 1. The lowest BCUT2D eigenvalue weighted by Crippen LogP contribution is -2.36. The fourth-order valence-electron chi connectivity index (χ4n) is 3.22. The number of nitrogens with zero attached hydrogens (tertiary/aromatic N) is 2. The van der Waals surface area contributed by atoms with Gasteiger partial charge in [-0.15, -0.1) is 0 Å². The van der Waals surface area contributed by atoms with Crippen molar-refractivity contribution >= 4 is 12.1 Å². The van der Waals surface area contributed by atoms with Crippen molar-refractivity contribution in [3.05, 3.63) is 53.7 Å². The number of pyridine rings is 1. The van der Waals surface area contributed by atoms with E-state index in [1.165, 1.54) is 0 Å². The maximum absolute atomic E-state index is 12.5. The van der Waals surface area contributed by atoms with E-state index in [-0.39, 0.29) is 17.7 Å². The molecule has 1 aromatic carbocycles. The van der Waals surface area contributed by atoms with Crippen LogP contribution in [-0.4, -0.2) is 39.2 Å². The lowest BCUT2D eigenvalue weighted by Gasteiger charge is -2.28. The number of hydrogen-bond donors (Lipinski definition) is 1. The molecule has 0 bridgehead atoms. The summed E-state index contributed by atoms with van der Waals surface area (Å²) < 4.78 is 5.52. The van der Waals surface area contributed by atoms with Crippen LogP contribution in [0.25, 0.3) is 11.3 Å². The molecule has 3 rings (SSSR count). The second-order valence-electron chi connectivity index (χ2n) is 7.67. The highest BCUT2D eigenvalue weighted by atomic mass is 16.6. The van der Waals surface area contributed by atoms with E-state index in [9.17, 15) is 14.7 Å². The Morgan fingerprint density at radius 1 is 1.19 bits per heavy atom. The van der Waals surface area contributed by atoms with Crippen LogP contribution in [0.3, 0.4) is 0 Å². The van der Waals surface area contributed by atoms with E-state index in [1.54, 1.807) is 23.1 Å². The maximum Gasteiger partial charge on any atom is 0.410 e. The van der Waals surface area contributed by atoms with Gasteiger partial charge in [-0.2, -0.15) is 0 Å². The van der Waals surface area contributed by atoms with Crippen molar-refractivity contribution in [1.82, 2.24) is 9.88 Å². The number of carboxylic acid groups (broad SMARTS) is 1. The van der Waals surface area contributed by atoms with Crippen LogP contribution in [0.1, 0.15) is 55.7 Å². The first-order valence-corrected chi connectivity index (χ1v) is 9.05. The molecule has 0 spiro atoms. The topological polar surface area (TPSA) is 79.7 Å². The minimum absolute atomic E-state index is 0.137. The van der Waals surface area contributed by atoms with Crippen molar-refractivity contribution in [3.8, 4) is 11.3 Å². The fraction of sp³-hybridized carbons (Fsp3) is 0.381. The van der Waals surface area contributed by atoms with E-state index in [1.807, 2.05) is 45.0 Å². The zero-order chi connectivity index (χ0) is 19.6. The van der Waals surface area contributed by atoms with Gasteiger partial charge < -0.3 is 9.84 Å². The van der Waals surface area contributed by atoms with E-state index >= 15 is 0 Å². The van der Waals surface area contributed by atoms with Crippen LogP contribution in [0.5, 0.6) is 0 Å². The number of carbonyl (C=O) groups is 2. The Bertz CT molecular complexity index is 857. The van der Waals surface area contributed by atoms with Crippen LogP contribution in [-0.2, 0) is 4.74 Å². The van der Waals surface area contributed by atoms with Crippen LogP contribution in [0.15, 0.2) is 42.5 Å². The Morgan fingerprint density at radius 3 is 2.63 bits per heavy atom. The van der Waals surface area contributed by atoms with Gasteiger partial charge in [-0.3, -0.25) is 9.88 Å². The average Bonchev–Trinajstić information content (AvgIpc) is 3.10. The summed E-state index contributed by atoms with van der Waals surface area (Å²) in [7, 11) is 0. The van der Waals surface area contributed by atoms with Crippen molar-refractivity contribution < 1.29 is 19.4 Å². The normalized spacial score (nSPS) is 17.0. The molecule has 0 aliphatic carbocycles. The van der Waals surface area contributed by atoms with Crippen molar-refractivity contribution in [3.63, 3.8) is 0 Å². The lowest BCUT2D eigenvalue weighted by atomic mass is 10.1. The molecule has 1 amide bonds. The van der Waals surface area contributed by atoms with Gasteiger partial charge in [-0.25, -0.2) is 9.59 Å². The number of rotatable bonds is 3. The van der Waals surface area contributed by atoms with Crippen LogP contribution in [0, 0.1) is 0 Å².